The molecule has 0 saturated carbocycles. The van der Waals surface area contributed by atoms with Gasteiger partial charge in [0.15, 0.2) is 5.13 Å². The summed E-state index contributed by atoms with van der Waals surface area (Å²) in [6.45, 7) is 0. The van der Waals surface area contributed by atoms with Crippen molar-refractivity contribution in [3.05, 3.63) is 44.3 Å². The fourth-order valence-electron chi connectivity index (χ4n) is 1.42. The van der Waals surface area contributed by atoms with Gasteiger partial charge in [0, 0.05) is 5.02 Å². The first kappa shape index (κ1) is 11.9. The van der Waals surface area contributed by atoms with Gasteiger partial charge in [0.1, 0.15) is 0 Å². The summed E-state index contributed by atoms with van der Waals surface area (Å²) in [5, 5.41) is 1.38. The molecule has 0 aliphatic carbocycles. The third-order valence-corrected chi connectivity index (χ3v) is 4.14. The molecule has 2 aromatic rings. The van der Waals surface area contributed by atoms with Crippen LogP contribution in [0.15, 0.2) is 28.1 Å². The van der Waals surface area contributed by atoms with Crippen molar-refractivity contribution in [2.75, 3.05) is 5.73 Å². The molecular formula is C11H10BrClN2S. The molecule has 2 N–H and O–H groups in total. The lowest BCUT2D eigenvalue weighted by Crippen LogP contribution is -1.93. The van der Waals surface area contributed by atoms with Crippen LogP contribution < -0.4 is 5.73 Å². The average Bonchev–Trinajstić information content (AvgIpc) is 2.57. The minimum absolute atomic E-state index is 0.609. The molecule has 16 heavy (non-hydrogen) atoms. The number of halogens is 2. The quantitative estimate of drug-likeness (QED) is 0.931. The summed E-state index contributed by atoms with van der Waals surface area (Å²) in [5.74, 6) is 0. The summed E-state index contributed by atoms with van der Waals surface area (Å²) >= 11 is 10.7. The SMILES string of the molecule is Nc1nc(CCc2ccc(Cl)cc2)c(Br)s1. The summed E-state index contributed by atoms with van der Waals surface area (Å²) in [4.78, 5) is 4.27. The molecular weight excluding hydrogens is 308 g/mol. The van der Waals surface area contributed by atoms with Crippen LogP contribution >= 0.6 is 38.9 Å². The second kappa shape index (κ2) is 5.17. The lowest BCUT2D eigenvalue weighted by molar-refractivity contribution is 0.922. The highest BCUT2D eigenvalue weighted by molar-refractivity contribution is 9.11. The number of aromatic nitrogens is 1. The van der Waals surface area contributed by atoms with E-state index in [1.807, 2.05) is 24.3 Å². The molecule has 2 nitrogen and oxygen atoms in total. The maximum atomic E-state index is 5.82. The van der Waals surface area contributed by atoms with Crippen molar-refractivity contribution in [3.63, 3.8) is 0 Å². The van der Waals surface area contributed by atoms with E-state index in [1.165, 1.54) is 16.9 Å². The average molecular weight is 318 g/mol. The van der Waals surface area contributed by atoms with Gasteiger partial charge >= 0.3 is 0 Å². The minimum atomic E-state index is 0.609. The van der Waals surface area contributed by atoms with Gasteiger partial charge < -0.3 is 5.73 Å². The predicted octanol–water partition coefficient (Wildman–Crippen LogP) is 3.93. The van der Waals surface area contributed by atoms with E-state index in [0.717, 1.165) is 27.3 Å². The van der Waals surface area contributed by atoms with Gasteiger partial charge in [0.05, 0.1) is 9.48 Å². The highest BCUT2D eigenvalue weighted by Crippen LogP contribution is 2.27. The van der Waals surface area contributed by atoms with E-state index in [4.69, 9.17) is 17.3 Å². The van der Waals surface area contributed by atoms with E-state index in [9.17, 15) is 0 Å². The second-order valence-corrected chi connectivity index (χ2v) is 6.18. The van der Waals surface area contributed by atoms with Crippen LogP contribution in [0.1, 0.15) is 11.3 Å². The van der Waals surface area contributed by atoms with E-state index in [1.54, 1.807) is 0 Å². The van der Waals surface area contributed by atoms with Gasteiger partial charge in [-0.3, -0.25) is 0 Å². The number of hydrogen-bond donors (Lipinski definition) is 1. The van der Waals surface area contributed by atoms with Crippen molar-refractivity contribution >= 4 is 44.0 Å². The lowest BCUT2D eigenvalue weighted by atomic mass is 10.1. The molecule has 0 saturated heterocycles. The first-order valence-corrected chi connectivity index (χ1v) is 6.79. The van der Waals surface area contributed by atoms with Crippen LogP contribution in [0.25, 0.3) is 0 Å². The van der Waals surface area contributed by atoms with Crippen LogP contribution in [-0.2, 0) is 12.8 Å². The molecule has 0 unspecified atom stereocenters. The van der Waals surface area contributed by atoms with Crippen LogP contribution in [0.2, 0.25) is 5.02 Å². The normalized spacial score (nSPS) is 10.6. The van der Waals surface area contributed by atoms with Crippen molar-refractivity contribution in [1.29, 1.82) is 0 Å². The number of benzene rings is 1. The molecule has 0 amide bonds. The van der Waals surface area contributed by atoms with Crippen LogP contribution in [0.5, 0.6) is 0 Å². The molecule has 0 fully saturated rings. The largest absolute Gasteiger partial charge is 0.375 e. The Bertz CT molecular complexity index is 481. The van der Waals surface area contributed by atoms with Gasteiger partial charge in [0.2, 0.25) is 0 Å². The molecule has 0 aliphatic rings. The molecule has 5 heteroatoms. The van der Waals surface area contributed by atoms with Crippen molar-refractivity contribution < 1.29 is 0 Å². The Morgan fingerprint density at radius 1 is 1.25 bits per heavy atom. The zero-order valence-electron chi connectivity index (χ0n) is 8.41. The fourth-order valence-corrected chi connectivity index (χ4v) is 2.93. The molecule has 1 aromatic heterocycles. The third kappa shape index (κ3) is 2.97. The summed E-state index contributed by atoms with van der Waals surface area (Å²) in [6.07, 6.45) is 1.83. The van der Waals surface area contributed by atoms with Gasteiger partial charge in [-0.1, -0.05) is 35.1 Å². The highest BCUT2D eigenvalue weighted by atomic mass is 79.9. The number of nitrogen functional groups attached to an aromatic ring is 1. The molecule has 1 heterocycles. The third-order valence-electron chi connectivity index (χ3n) is 2.23. The Labute approximate surface area is 112 Å². The Kier molecular flexibility index (Phi) is 3.84. The number of nitrogens with zero attached hydrogens (tertiary/aromatic N) is 1. The monoisotopic (exact) mass is 316 g/mol. The Morgan fingerprint density at radius 2 is 1.94 bits per heavy atom. The van der Waals surface area contributed by atoms with Gasteiger partial charge in [-0.2, -0.15) is 0 Å². The van der Waals surface area contributed by atoms with Gasteiger partial charge in [0.25, 0.3) is 0 Å². The smallest absolute Gasteiger partial charge is 0.181 e. The van der Waals surface area contributed by atoms with Crippen LogP contribution in [-0.4, -0.2) is 4.98 Å². The van der Waals surface area contributed by atoms with Gasteiger partial charge in [-0.25, -0.2) is 4.98 Å². The maximum absolute atomic E-state index is 5.82. The first-order valence-electron chi connectivity index (χ1n) is 4.80. The van der Waals surface area contributed by atoms with Gasteiger partial charge in [-0.05, 0) is 46.5 Å². The number of rotatable bonds is 3. The second-order valence-electron chi connectivity index (χ2n) is 3.40. The van der Waals surface area contributed by atoms with E-state index in [-0.39, 0.29) is 0 Å². The molecule has 0 spiro atoms. The Morgan fingerprint density at radius 3 is 2.50 bits per heavy atom. The number of nitrogens with two attached hydrogens (primary N) is 1. The van der Waals surface area contributed by atoms with E-state index < -0.39 is 0 Å². The van der Waals surface area contributed by atoms with Crippen molar-refractivity contribution in [2.45, 2.75) is 12.8 Å². The molecule has 2 rings (SSSR count). The summed E-state index contributed by atoms with van der Waals surface area (Å²) in [6, 6.07) is 7.88. The topological polar surface area (TPSA) is 38.9 Å². The first-order chi connectivity index (χ1) is 7.65. The summed E-state index contributed by atoms with van der Waals surface area (Å²) in [7, 11) is 0. The molecule has 1 aromatic carbocycles. The van der Waals surface area contributed by atoms with E-state index in [0.29, 0.717) is 5.13 Å². The molecule has 84 valence electrons. The predicted molar refractivity (Wildman–Crippen MR) is 73.1 cm³/mol. The van der Waals surface area contributed by atoms with Gasteiger partial charge in [-0.15, -0.1) is 0 Å². The number of thiazole rings is 1. The van der Waals surface area contributed by atoms with Crippen molar-refractivity contribution in [1.82, 2.24) is 4.98 Å². The van der Waals surface area contributed by atoms with Crippen molar-refractivity contribution in [3.8, 4) is 0 Å². The number of aryl methyl sites for hydroxylation is 2. The highest BCUT2D eigenvalue weighted by Gasteiger charge is 2.06. The number of hydrogen-bond acceptors (Lipinski definition) is 3. The molecule has 0 radical (unpaired) electrons. The van der Waals surface area contributed by atoms with E-state index in [2.05, 4.69) is 20.9 Å². The zero-order valence-corrected chi connectivity index (χ0v) is 11.6. The number of anilines is 1. The maximum Gasteiger partial charge on any atom is 0.181 e. The van der Waals surface area contributed by atoms with Crippen LogP contribution in [0.3, 0.4) is 0 Å². The molecule has 0 aliphatic heterocycles. The van der Waals surface area contributed by atoms with Crippen LogP contribution in [0.4, 0.5) is 5.13 Å². The summed E-state index contributed by atoms with van der Waals surface area (Å²) < 4.78 is 1.03. The fraction of sp³-hybridized carbons (Fsp3) is 0.182. The Hall–Kier alpha value is -0.580. The molecule has 0 atom stereocenters. The standard InChI is InChI=1S/C11H10BrClN2S/c12-10-9(15-11(14)16-10)6-3-7-1-4-8(13)5-2-7/h1-2,4-5H,3,6H2,(H2,14,15). The van der Waals surface area contributed by atoms with Crippen molar-refractivity contribution in [2.24, 2.45) is 0 Å². The summed E-state index contributed by atoms with van der Waals surface area (Å²) in [5.41, 5.74) is 7.91. The zero-order chi connectivity index (χ0) is 11.5. The van der Waals surface area contributed by atoms with Crippen LogP contribution in [0, 0.1) is 0 Å². The lowest BCUT2D eigenvalue weighted by Gasteiger charge is -2.00. The minimum Gasteiger partial charge on any atom is -0.375 e. The Balaban J connectivity index is 2.02. The molecule has 0 bridgehead atoms. The van der Waals surface area contributed by atoms with E-state index >= 15 is 0 Å².